The van der Waals surface area contributed by atoms with Gasteiger partial charge in [0.25, 0.3) is 0 Å². The van der Waals surface area contributed by atoms with Gasteiger partial charge < -0.3 is 38.8 Å². The zero-order valence-corrected chi connectivity index (χ0v) is 27.4. The molecule has 0 radical (unpaired) electrons. The molecule has 11 heteroatoms. The SMILES string of the molecule is COc1ccc(OCCCN2CCN(CCc3cc(OC)c(OC)c(OC)c3)CC2)c(C2Sc3ccccc3NC2=O)c1.Cl. The Balaban J connectivity index is 0.00000442. The van der Waals surface area contributed by atoms with Gasteiger partial charge in [-0.1, -0.05) is 12.1 Å². The fraction of sp³-hybridized carbons (Fsp3) is 0.424. The van der Waals surface area contributed by atoms with Crippen molar-refractivity contribution >= 4 is 35.8 Å². The molecule has 3 aromatic rings. The summed E-state index contributed by atoms with van der Waals surface area (Å²) in [7, 11) is 6.55. The number of benzene rings is 3. The molecule has 5 rings (SSSR count). The number of nitrogens with zero attached hydrogens (tertiary/aromatic N) is 2. The predicted octanol–water partition coefficient (Wildman–Crippen LogP) is 5.56. The van der Waals surface area contributed by atoms with Gasteiger partial charge in [-0.3, -0.25) is 4.79 Å². The van der Waals surface area contributed by atoms with E-state index in [1.807, 2.05) is 54.6 Å². The second-order valence-electron chi connectivity index (χ2n) is 10.6. The topological polar surface area (TPSA) is 81.7 Å². The van der Waals surface area contributed by atoms with Gasteiger partial charge in [-0.05, 0) is 60.9 Å². The third-order valence-electron chi connectivity index (χ3n) is 7.91. The molecule has 1 N–H and O–H groups in total. The Kier molecular flexibility index (Phi) is 12.3. The van der Waals surface area contributed by atoms with E-state index in [-0.39, 0.29) is 18.3 Å². The van der Waals surface area contributed by atoms with E-state index in [0.717, 1.165) is 74.0 Å². The van der Waals surface area contributed by atoms with Crippen molar-refractivity contribution in [1.29, 1.82) is 0 Å². The highest BCUT2D eigenvalue weighted by molar-refractivity contribution is 8.00. The lowest BCUT2D eigenvalue weighted by Crippen LogP contribution is -2.47. The quantitative estimate of drug-likeness (QED) is 0.241. The molecule has 3 aromatic carbocycles. The molecule has 238 valence electrons. The maximum atomic E-state index is 13.0. The van der Waals surface area contributed by atoms with E-state index in [1.165, 1.54) is 5.56 Å². The van der Waals surface area contributed by atoms with E-state index in [9.17, 15) is 4.79 Å². The first kappa shape index (κ1) is 33.6. The highest BCUT2D eigenvalue weighted by Gasteiger charge is 2.31. The number of ether oxygens (including phenoxy) is 5. The minimum absolute atomic E-state index is 0. The van der Waals surface area contributed by atoms with Crippen molar-refractivity contribution in [3.05, 3.63) is 65.7 Å². The van der Waals surface area contributed by atoms with Crippen molar-refractivity contribution in [1.82, 2.24) is 9.80 Å². The number of carbonyl (C=O) groups excluding carboxylic acids is 1. The molecule has 44 heavy (non-hydrogen) atoms. The number of thioether (sulfide) groups is 1. The van der Waals surface area contributed by atoms with Gasteiger partial charge >= 0.3 is 0 Å². The fourth-order valence-corrected chi connectivity index (χ4v) is 6.65. The molecule has 2 aliphatic heterocycles. The van der Waals surface area contributed by atoms with Gasteiger partial charge in [0.2, 0.25) is 11.7 Å². The molecule has 2 aliphatic rings. The number of hydrogen-bond donors (Lipinski definition) is 1. The summed E-state index contributed by atoms with van der Waals surface area (Å²) in [5.41, 5.74) is 2.85. The summed E-state index contributed by atoms with van der Waals surface area (Å²) in [5.74, 6) is 3.39. The number of hydrogen-bond acceptors (Lipinski definition) is 9. The Morgan fingerprint density at radius 2 is 1.50 bits per heavy atom. The molecule has 0 aromatic heterocycles. The zero-order valence-electron chi connectivity index (χ0n) is 25.8. The van der Waals surface area contributed by atoms with Crippen molar-refractivity contribution in [3.8, 4) is 28.7 Å². The van der Waals surface area contributed by atoms with E-state index in [0.29, 0.717) is 29.6 Å². The third-order valence-corrected chi connectivity index (χ3v) is 9.22. The van der Waals surface area contributed by atoms with Crippen LogP contribution in [0.15, 0.2) is 59.5 Å². The average molecular weight is 644 g/mol. The maximum Gasteiger partial charge on any atom is 0.242 e. The lowest BCUT2D eigenvalue weighted by molar-refractivity contribution is -0.115. The van der Waals surface area contributed by atoms with Crippen molar-refractivity contribution in [2.75, 3.05) is 79.6 Å². The standard InChI is InChI=1S/C33H41N3O6S.ClH/c1-38-24-10-11-27(25(22-24)32-33(37)34-26-8-5-6-9-30(26)43-32)42-19-7-13-35-15-17-36(18-16-35)14-12-23-20-28(39-2)31(41-4)29(21-23)40-3;/h5-6,8-11,20-22,32H,7,12-19H2,1-4H3,(H,34,37);1H. The number of amides is 1. The number of fused-ring (bicyclic) bond motifs is 1. The Bertz CT molecular complexity index is 1380. The van der Waals surface area contributed by atoms with Crippen LogP contribution >= 0.6 is 24.2 Å². The van der Waals surface area contributed by atoms with E-state index in [4.69, 9.17) is 23.7 Å². The summed E-state index contributed by atoms with van der Waals surface area (Å²) < 4.78 is 28.2. The molecule has 1 saturated heterocycles. The minimum atomic E-state index is -0.409. The molecule has 0 saturated carbocycles. The van der Waals surface area contributed by atoms with Crippen LogP contribution in [0.4, 0.5) is 5.69 Å². The molecule has 0 bridgehead atoms. The van der Waals surface area contributed by atoms with Gasteiger partial charge in [-0.2, -0.15) is 0 Å². The van der Waals surface area contributed by atoms with Crippen molar-refractivity contribution in [2.45, 2.75) is 23.0 Å². The molecular formula is C33H42ClN3O6S. The van der Waals surface area contributed by atoms with Crippen LogP contribution in [-0.4, -0.2) is 90.0 Å². The summed E-state index contributed by atoms with van der Waals surface area (Å²) in [6, 6.07) is 17.6. The smallest absolute Gasteiger partial charge is 0.242 e. The number of carbonyl (C=O) groups is 1. The van der Waals surface area contributed by atoms with Gasteiger partial charge in [0.15, 0.2) is 11.5 Å². The Morgan fingerprint density at radius 1 is 0.818 bits per heavy atom. The third kappa shape index (κ3) is 8.04. The van der Waals surface area contributed by atoms with Crippen LogP contribution in [0.2, 0.25) is 0 Å². The zero-order chi connectivity index (χ0) is 30.2. The summed E-state index contributed by atoms with van der Waals surface area (Å²) in [5, 5.41) is 2.63. The first-order valence-electron chi connectivity index (χ1n) is 14.6. The van der Waals surface area contributed by atoms with Crippen LogP contribution in [0.1, 0.15) is 22.8 Å². The molecule has 2 heterocycles. The van der Waals surface area contributed by atoms with E-state index in [2.05, 4.69) is 15.1 Å². The normalized spacial score (nSPS) is 16.7. The van der Waals surface area contributed by atoms with Gasteiger partial charge in [-0.25, -0.2) is 0 Å². The predicted molar refractivity (Wildman–Crippen MR) is 177 cm³/mol. The second-order valence-corrected chi connectivity index (χ2v) is 11.7. The molecule has 1 atom stereocenters. The first-order chi connectivity index (χ1) is 21.0. The Hall–Kier alpha value is -3.31. The number of rotatable bonds is 13. The second kappa shape index (κ2) is 16.1. The lowest BCUT2D eigenvalue weighted by Gasteiger charge is -2.34. The van der Waals surface area contributed by atoms with Crippen LogP contribution in [-0.2, 0) is 11.2 Å². The molecule has 0 spiro atoms. The molecule has 1 unspecified atom stereocenters. The number of methoxy groups -OCH3 is 4. The van der Waals surface area contributed by atoms with Crippen LogP contribution in [0.5, 0.6) is 28.7 Å². The molecular weight excluding hydrogens is 602 g/mol. The minimum Gasteiger partial charge on any atom is -0.497 e. The first-order valence-corrected chi connectivity index (χ1v) is 15.5. The monoisotopic (exact) mass is 643 g/mol. The Labute approximate surface area is 270 Å². The summed E-state index contributed by atoms with van der Waals surface area (Å²) >= 11 is 1.54. The lowest BCUT2D eigenvalue weighted by atomic mass is 10.1. The van der Waals surface area contributed by atoms with Crippen molar-refractivity contribution < 1.29 is 28.5 Å². The maximum absolute atomic E-state index is 13.0. The van der Waals surface area contributed by atoms with Gasteiger partial charge in [0.05, 0.1) is 40.7 Å². The van der Waals surface area contributed by atoms with Gasteiger partial charge in [0.1, 0.15) is 16.7 Å². The number of halogens is 1. The van der Waals surface area contributed by atoms with Crippen LogP contribution in [0.25, 0.3) is 0 Å². The van der Waals surface area contributed by atoms with Gasteiger partial charge in [0, 0.05) is 49.7 Å². The molecule has 9 nitrogen and oxygen atoms in total. The molecule has 0 aliphatic carbocycles. The highest BCUT2D eigenvalue weighted by Crippen LogP contribution is 2.47. The van der Waals surface area contributed by atoms with Crippen LogP contribution in [0.3, 0.4) is 0 Å². The molecule has 1 fully saturated rings. The number of piperazine rings is 1. The Morgan fingerprint density at radius 3 is 2.16 bits per heavy atom. The number of para-hydroxylation sites is 1. The van der Waals surface area contributed by atoms with Gasteiger partial charge in [-0.15, -0.1) is 24.2 Å². The summed E-state index contributed by atoms with van der Waals surface area (Å²) in [4.78, 5) is 19.1. The summed E-state index contributed by atoms with van der Waals surface area (Å²) in [6.45, 7) is 6.65. The van der Waals surface area contributed by atoms with Crippen LogP contribution in [0, 0.1) is 0 Å². The van der Waals surface area contributed by atoms with Crippen molar-refractivity contribution in [2.24, 2.45) is 0 Å². The van der Waals surface area contributed by atoms with E-state index in [1.54, 1.807) is 40.2 Å². The fourth-order valence-electron chi connectivity index (χ4n) is 5.52. The average Bonchev–Trinajstić information content (AvgIpc) is 3.05. The van der Waals surface area contributed by atoms with Crippen LogP contribution < -0.4 is 29.0 Å². The van der Waals surface area contributed by atoms with E-state index < -0.39 is 5.25 Å². The van der Waals surface area contributed by atoms with Crippen molar-refractivity contribution in [3.63, 3.8) is 0 Å². The summed E-state index contributed by atoms with van der Waals surface area (Å²) in [6.07, 6.45) is 1.82. The number of nitrogens with one attached hydrogen (secondary N) is 1. The highest BCUT2D eigenvalue weighted by atomic mass is 35.5. The van der Waals surface area contributed by atoms with E-state index >= 15 is 0 Å². The largest absolute Gasteiger partial charge is 0.497 e. The molecule has 1 amide bonds. The number of anilines is 1.